The van der Waals surface area contributed by atoms with Gasteiger partial charge in [-0.05, 0) is 41.8 Å². The number of nitrogens with two attached hydrogens (primary N) is 1. The number of hydrogen-bond acceptors (Lipinski definition) is 2. The lowest BCUT2D eigenvalue weighted by molar-refractivity contribution is 0.624. The van der Waals surface area contributed by atoms with Crippen molar-refractivity contribution in [1.82, 2.24) is 0 Å². The summed E-state index contributed by atoms with van der Waals surface area (Å²) < 4.78 is 13.5. The van der Waals surface area contributed by atoms with E-state index in [2.05, 4.69) is 19.1 Å². The highest BCUT2D eigenvalue weighted by atomic mass is 19.1. The molecule has 2 N–H and O–H groups in total. The first-order chi connectivity index (χ1) is 9.10. The number of benzene rings is 2. The molecule has 0 aliphatic carbocycles. The van der Waals surface area contributed by atoms with Crippen molar-refractivity contribution in [3.05, 3.63) is 65.0 Å². The van der Waals surface area contributed by atoms with Crippen LogP contribution in [0.25, 0.3) is 0 Å². The first kappa shape index (κ1) is 13.6. The molecule has 2 aromatic carbocycles. The van der Waals surface area contributed by atoms with E-state index in [1.165, 1.54) is 23.3 Å². The predicted octanol–water partition coefficient (Wildman–Crippen LogP) is 3.23. The van der Waals surface area contributed by atoms with Crippen molar-refractivity contribution < 1.29 is 4.39 Å². The maximum Gasteiger partial charge on any atom is 0.125 e. The maximum atomic E-state index is 13.5. The van der Waals surface area contributed by atoms with Crippen LogP contribution in [0.3, 0.4) is 0 Å². The molecule has 0 heterocycles. The Morgan fingerprint density at radius 2 is 1.89 bits per heavy atom. The summed E-state index contributed by atoms with van der Waals surface area (Å²) in [6.45, 7) is 3.18. The van der Waals surface area contributed by atoms with Crippen molar-refractivity contribution in [1.29, 1.82) is 0 Å². The largest absolute Gasteiger partial charge is 0.370 e. The fourth-order valence-corrected chi connectivity index (χ4v) is 2.11. The van der Waals surface area contributed by atoms with Gasteiger partial charge >= 0.3 is 0 Å². The first-order valence-electron chi connectivity index (χ1n) is 6.35. The highest BCUT2D eigenvalue weighted by Crippen LogP contribution is 2.20. The smallest absolute Gasteiger partial charge is 0.125 e. The highest BCUT2D eigenvalue weighted by Gasteiger charge is 2.07. The minimum Gasteiger partial charge on any atom is -0.370 e. The Morgan fingerprint density at radius 3 is 2.58 bits per heavy atom. The van der Waals surface area contributed by atoms with E-state index in [4.69, 9.17) is 5.73 Å². The van der Waals surface area contributed by atoms with E-state index in [0.717, 1.165) is 17.8 Å². The van der Waals surface area contributed by atoms with Crippen LogP contribution in [0, 0.1) is 12.7 Å². The predicted molar refractivity (Wildman–Crippen MR) is 77.6 cm³/mol. The summed E-state index contributed by atoms with van der Waals surface area (Å²) in [7, 11) is 1.96. The van der Waals surface area contributed by atoms with Crippen molar-refractivity contribution in [2.24, 2.45) is 5.73 Å². The van der Waals surface area contributed by atoms with Gasteiger partial charge in [0.25, 0.3) is 0 Å². The second-order valence-electron chi connectivity index (χ2n) is 4.80. The third kappa shape index (κ3) is 3.32. The standard InChI is InChI=1S/C16H19FN2/c1-12-5-3-4-6-14(12)11-19(2)16-8-13(10-18)7-15(17)9-16/h3-9H,10-11,18H2,1-2H3. The lowest BCUT2D eigenvalue weighted by Gasteiger charge is -2.21. The Kier molecular flexibility index (Phi) is 4.17. The molecule has 0 aromatic heterocycles. The minimum atomic E-state index is -0.241. The topological polar surface area (TPSA) is 29.3 Å². The molecule has 3 heteroatoms. The van der Waals surface area contributed by atoms with E-state index >= 15 is 0 Å². The third-order valence-corrected chi connectivity index (χ3v) is 3.29. The number of halogens is 1. The van der Waals surface area contributed by atoms with Crippen molar-refractivity contribution in [3.63, 3.8) is 0 Å². The van der Waals surface area contributed by atoms with Gasteiger partial charge in [-0.15, -0.1) is 0 Å². The Bertz CT molecular complexity index is 566. The number of hydrogen-bond donors (Lipinski definition) is 1. The van der Waals surface area contributed by atoms with E-state index in [1.54, 1.807) is 0 Å². The van der Waals surface area contributed by atoms with E-state index in [0.29, 0.717) is 6.54 Å². The zero-order valence-corrected chi connectivity index (χ0v) is 11.4. The summed E-state index contributed by atoms with van der Waals surface area (Å²) in [5, 5.41) is 0. The molecule has 0 radical (unpaired) electrons. The molecular weight excluding hydrogens is 239 g/mol. The second kappa shape index (κ2) is 5.85. The van der Waals surface area contributed by atoms with Crippen LogP contribution in [0.1, 0.15) is 16.7 Å². The van der Waals surface area contributed by atoms with E-state index in [9.17, 15) is 4.39 Å². The summed E-state index contributed by atoms with van der Waals surface area (Å²) in [5.74, 6) is -0.241. The van der Waals surface area contributed by atoms with Crippen LogP contribution in [-0.2, 0) is 13.1 Å². The van der Waals surface area contributed by atoms with Crippen LogP contribution < -0.4 is 10.6 Å². The minimum absolute atomic E-state index is 0.241. The molecule has 0 aliphatic rings. The van der Waals surface area contributed by atoms with Crippen molar-refractivity contribution in [2.75, 3.05) is 11.9 Å². The number of aryl methyl sites for hydroxylation is 1. The van der Waals surface area contributed by atoms with Gasteiger partial charge in [-0.1, -0.05) is 24.3 Å². The normalized spacial score (nSPS) is 10.5. The van der Waals surface area contributed by atoms with E-state index < -0.39 is 0 Å². The third-order valence-electron chi connectivity index (χ3n) is 3.29. The van der Waals surface area contributed by atoms with Gasteiger partial charge in [0.1, 0.15) is 5.82 Å². The van der Waals surface area contributed by atoms with Gasteiger partial charge < -0.3 is 10.6 Å². The van der Waals surface area contributed by atoms with Crippen LogP contribution in [0.4, 0.5) is 10.1 Å². The Morgan fingerprint density at radius 1 is 1.16 bits per heavy atom. The lowest BCUT2D eigenvalue weighted by atomic mass is 10.1. The molecule has 0 spiro atoms. The van der Waals surface area contributed by atoms with Crippen molar-refractivity contribution in [3.8, 4) is 0 Å². The van der Waals surface area contributed by atoms with Gasteiger partial charge in [0.15, 0.2) is 0 Å². The fraction of sp³-hybridized carbons (Fsp3) is 0.250. The van der Waals surface area contributed by atoms with Gasteiger partial charge in [-0.3, -0.25) is 0 Å². The quantitative estimate of drug-likeness (QED) is 0.912. The van der Waals surface area contributed by atoms with Crippen LogP contribution in [0.2, 0.25) is 0 Å². The molecule has 0 amide bonds. The van der Waals surface area contributed by atoms with Crippen LogP contribution in [0.15, 0.2) is 42.5 Å². The monoisotopic (exact) mass is 258 g/mol. The molecule has 19 heavy (non-hydrogen) atoms. The van der Waals surface area contributed by atoms with Crippen LogP contribution in [-0.4, -0.2) is 7.05 Å². The number of anilines is 1. The molecule has 100 valence electrons. The Balaban J connectivity index is 2.22. The lowest BCUT2D eigenvalue weighted by Crippen LogP contribution is -2.17. The van der Waals surface area contributed by atoms with Gasteiger partial charge in [0.05, 0.1) is 0 Å². The fourth-order valence-electron chi connectivity index (χ4n) is 2.11. The summed E-state index contributed by atoms with van der Waals surface area (Å²) in [5.41, 5.74) is 9.72. The van der Waals surface area contributed by atoms with E-state index in [-0.39, 0.29) is 5.82 Å². The second-order valence-corrected chi connectivity index (χ2v) is 4.80. The summed E-state index contributed by atoms with van der Waals surface area (Å²) in [6, 6.07) is 13.2. The summed E-state index contributed by atoms with van der Waals surface area (Å²) in [6.07, 6.45) is 0. The SMILES string of the molecule is Cc1ccccc1CN(C)c1cc(F)cc(CN)c1. The van der Waals surface area contributed by atoms with Crippen LogP contribution in [0.5, 0.6) is 0 Å². The summed E-state index contributed by atoms with van der Waals surface area (Å²) >= 11 is 0. The molecular formula is C16H19FN2. The highest BCUT2D eigenvalue weighted by molar-refractivity contribution is 5.49. The van der Waals surface area contributed by atoms with Crippen molar-refractivity contribution in [2.45, 2.75) is 20.0 Å². The summed E-state index contributed by atoms with van der Waals surface area (Å²) in [4.78, 5) is 2.03. The maximum absolute atomic E-state index is 13.5. The number of nitrogens with zero attached hydrogens (tertiary/aromatic N) is 1. The molecule has 0 bridgehead atoms. The molecule has 0 saturated carbocycles. The van der Waals surface area contributed by atoms with Gasteiger partial charge in [0.2, 0.25) is 0 Å². The molecule has 0 unspecified atom stereocenters. The molecule has 2 nitrogen and oxygen atoms in total. The molecule has 0 saturated heterocycles. The Hall–Kier alpha value is -1.87. The average molecular weight is 258 g/mol. The van der Waals surface area contributed by atoms with Gasteiger partial charge in [-0.2, -0.15) is 0 Å². The first-order valence-corrected chi connectivity index (χ1v) is 6.35. The van der Waals surface area contributed by atoms with Gasteiger partial charge in [-0.25, -0.2) is 4.39 Å². The molecule has 2 aromatic rings. The zero-order valence-electron chi connectivity index (χ0n) is 11.4. The molecule has 0 fully saturated rings. The van der Waals surface area contributed by atoms with Gasteiger partial charge in [0, 0.05) is 25.8 Å². The molecule has 2 rings (SSSR count). The van der Waals surface area contributed by atoms with Crippen LogP contribution >= 0.6 is 0 Å². The zero-order chi connectivity index (χ0) is 13.8. The molecule has 0 aliphatic heterocycles. The van der Waals surface area contributed by atoms with E-state index in [1.807, 2.05) is 30.1 Å². The molecule has 0 atom stereocenters. The van der Waals surface area contributed by atoms with Crippen molar-refractivity contribution >= 4 is 5.69 Å². The average Bonchev–Trinajstić information content (AvgIpc) is 2.40. The number of rotatable bonds is 4. The Labute approximate surface area is 113 Å².